The third kappa shape index (κ3) is 3.08. The molecular weight excluding hydrogens is 264 g/mol. The van der Waals surface area contributed by atoms with E-state index in [-0.39, 0.29) is 0 Å². The minimum absolute atomic E-state index is 0.312. The van der Waals surface area contributed by atoms with Crippen LogP contribution in [-0.2, 0) is 14.8 Å². The van der Waals surface area contributed by atoms with Gasteiger partial charge in [0, 0.05) is 32.9 Å². The molecule has 0 aromatic heterocycles. The largest absolute Gasteiger partial charge is 0.382 e. The van der Waals surface area contributed by atoms with Crippen molar-refractivity contribution < 1.29 is 13.2 Å². The molecule has 1 saturated carbocycles. The van der Waals surface area contributed by atoms with Gasteiger partial charge in [-0.2, -0.15) is 0 Å². The van der Waals surface area contributed by atoms with E-state index < -0.39 is 10.0 Å². The van der Waals surface area contributed by atoms with Crippen molar-refractivity contribution in [3.05, 3.63) is 24.3 Å². The van der Waals surface area contributed by atoms with Gasteiger partial charge in [-0.3, -0.25) is 0 Å². The Morgan fingerprint density at radius 3 is 2.26 bits per heavy atom. The van der Waals surface area contributed by atoms with Gasteiger partial charge in [0.05, 0.1) is 11.0 Å². The minimum atomic E-state index is -3.34. The number of hydrogen-bond acceptors (Lipinski definition) is 4. The summed E-state index contributed by atoms with van der Waals surface area (Å²) in [5.41, 5.74) is 0.942. The smallest absolute Gasteiger partial charge is 0.242 e. The monoisotopic (exact) mass is 284 g/mol. The average Bonchev–Trinajstić information content (AvgIpc) is 2.33. The summed E-state index contributed by atoms with van der Waals surface area (Å²) in [5.74, 6) is 0. The van der Waals surface area contributed by atoms with Crippen LogP contribution in [0.3, 0.4) is 0 Å². The summed E-state index contributed by atoms with van der Waals surface area (Å²) >= 11 is 0. The second-order valence-corrected chi connectivity index (χ2v) is 7.13. The lowest BCUT2D eigenvalue weighted by molar-refractivity contribution is 0.0329. The number of rotatable bonds is 5. The summed E-state index contributed by atoms with van der Waals surface area (Å²) in [7, 11) is 1.44. The molecule has 5 nitrogen and oxygen atoms in total. The lowest BCUT2D eigenvalue weighted by Gasteiger charge is -2.35. The van der Waals surface area contributed by atoms with Crippen molar-refractivity contribution in [3.8, 4) is 0 Å². The maximum Gasteiger partial charge on any atom is 0.242 e. The predicted molar refractivity (Wildman–Crippen MR) is 74.8 cm³/mol. The molecule has 0 amide bonds. The third-order valence-electron chi connectivity index (χ3n) is 3.43. The van der Waals surface area contributed by atoms with Crippen LogP contribution in [-0.4, -0.2) is 46.1 Å². The zero-order valence-corrected chi connectivity index (χ0v) is 12.3. The lowest BCUT2D eigenvalue weighted by Crippen LogP contribution is -2.40. The number of sulfonamides is 1. The van der Waals surface area contributed by atoms with Gasteiger partial charge < -0.3 is 10.1 Å². The molecule has 0 atom stereocenters. The number of benzene rings is 1. The molecule has 19 heavy (non-hydrogen) atoms. The standard InChI is InChI=1S/C13H20N2O3S/c1-15(2)19(16,17)13-6-4-10(5-7-13)14-11-8-12(9-11)18-3/h4-7,11-12,14H,8-9H2,1-3H3. The highest BCUT2D eigenvalue weighted by molar-refractivity contribution is 7.89. The van der Waals surface area contributed by atoms with Crippen molar-refractivity contribution >= 4 is 15.7 Å². The summed E-state index contributed by atoms with van der Waals surface area (Å²) in [6.07, 6.45) is 2.34. The molecule has 1 aliphatic carbocycles. The molecular formula is C13H20N2O3S. The van der Waals surface area contributed by atoms with Crippen LogP contribution in [0.15, 0.2) is 29.2 Å². The maximum absolute atomic E-state index is 11.9. The second-order valence-electron chi connectivity index (χ2n) is 4.98. The number of nitrogens with one attached hydrogen (secondary N) is 1. The number of anilines is 1. The van der Waals surface area contributed by atoms with Gasteiger partial charge in [-0.05, 0) is 37.1 Å². The molecule has 2 rings (SSSR count). The van der Waals surface area contributed by atoms with Crippen LogP contribution in [0.4, 0.5) is 5.69 Å². The highest BCUT2D eigenvalue weighted by atomic mass is 32.2. The molecule has 1 aromatic rings. The Balaban J connectivity index is 2.00. The van der Waals surface area contributed by atoms with Gasteiger partial charge in [0.25, 0.3) is 0 Å². The minimum Gasteiger partial charge on any atom is -0.382 e. The Morgan fingerprint density at radius 1 is 1.21 bits per heavy atom. The first-order chi connectivity index (χ1) is 8.93. The fourth-order valence-electron chi connectivity index (χ4n) is 2.05. The van der Waals surface area contributed by atoms with E-state index in [0.717, 1.165) is 18.5 Å². The first-order valence-electron chi connectivity index (χ1n) is 6.25. The maximum atomic E-state index is 11.9. The second kappa shape index (κ2) is 5.48. The molecule has 0 bridgehead atoms. The Bertz CT molecular complexity index is 519. The van der Waals surface area contributed by atoms with Gasteiger partial charge in [0.1, 0.15) is 0 Å². The van der Waals surface area contributed by atoms with E-state index in [1.54, 1.807) is 31.4 Å². The van der Waals surface area contributed by atoms with Crippen molar-refractivity contribution in [2.45, 2.75) is 29.9 Å². The Labute approximate surface area is 114 Å². The number of methoxy groups -OCH3 is 1. The molecule has 1 aromatic carbocycles. The van der Waals surface area contributed by atoms with E-state index in [2.05, 4.69) is 5.32 Å². The molecule has 0 saturated heterocycles. The average molecular weight is 284 g/mol. The molecule has 6 heteroatoms. The van der Waals surface area contributed by atoms with Gasteiger partial charge in [-0.1, -0.05) is 0 Å². The molecule has 1 aliphatic rings. The Hall–Kier alpha value is -1.11. The van der Waals surface area contributed by atoms with Crippen molar-refractivity contribution in [2.75, 3.05) is 26.5 Å². The van der Waals surface area contributed by atoms with Crippen molar-refractivity contribution in [2.24, 2.45) is 0 Å². The number of hydrogen-bond donors (Lipinski definition) is 1. The molecule has 0 spiro atoms. The van der Waals surface area contributed by atoms with Crippen molar-refractivity contribution in [3.63, 3.8) is 0 Å². The lowest BCUT2D eigenvalue weighted by atomic mass is 9.89. The fraction of sp³-hybridized carbons (Fsp3) is 0.538. The van der Waals surface area contributed by atoms with Gasteiger partial charge in [-0.15, -0.1) is 0 Å². The summed E-state index contributed by atoms with van der Waals surface area (Å²) in [6, 6.07) is 7.28. The molecule has 0 radical (unpaired) electrons. The van der Waals surface area contributed by atoms with Gasteiger partial charge in [0.15, 0.2) is 0 Å². The topological polar surface area (TPSA) is 58.6 Å². The van der Waals surface area contributed by atoms with Gasteiger partial charge >= 0.3 is 0 Å². The molecule has 0 unspecified atom stereocenters. The van der Waals surface area contributed by atoms with E-state index in [0.29, 0.717) is 17.0 Å². The summed E-state index contributed by atoms with van der Waals surface area (Å²) in [4.78, 5) is 0.312. The van der Waals surface area contributed by atoms with Gasteiger partial charge in [0.2, 0.25) is 10.0 Å². The fourth-order valence-corrected chi connectivity index (χ4v) is 2.95. The molecule has 0 aliphatic heterocycles. The highest BCUT2D eigenvalue weighted by Gasteiger charge is 2.28. The molecule has 1 N–H and O–H groups in total. The predicted octanol–water partition coefficient (Wildman–Crippen LogP) is 1.53. The molecule has 1 fully saturated rings. The van der Waals surface area contributed by atoms with E-state index >= 15 is 0 Å². The SMILES string of the molecule is COC1CC(Nc2ccc(S(=O)(=O)N(C)C)cc2)C1. The first-order valence-corrected chi connectivity index (χ1v) is 7.69. The van der Waals surface area contributed by atoms with Gasteiger partial charge in [-0.25, -0.2) is 12.7 Å². The Kier molecular flexibility index (Phi) is 4.13. The third-order valence-corrected chi connectivity index (χ3v) is 5.26. The Morgan fingerprint density at radius 2 is 1.79 bits per heavy atom. The van der Waals surface area contributed by atoms with Crippen LogP contribution in [0, 0.1) is 0 Å². The van der Waals surface area contributed by atoms with Crippen LogP contribution in [0.2, 0.25) is 0 Å². The normalized spacial score (nSPS) is 23.2. The number of nitrogens with zero attached hydrogens (tertiary/aromatic N) is 1. The van der Waals surface area contributed by atoms with E-state index in [4.69, 9.17) is 4.74 Å². The zero-order chi connectivity index (χ0) is 14.0. The van der Waals surface area contributed by atoms with Crippen LogP contribution < -0.4 is 5.32 Å². The van der Waals surface area contributed by atoms with Crippen LogP contribution >= 0.6 is 0 Å². The van der Waals surface area contributed by atoms with Crippen molar-refractivity contribution in [1.29, 1.82) is 0 Å². The molecule has 106 valence electrons. The summed E-state index contributed by atoms with van der Waals surface area (Å²) < 4.78 is 30.2. The quantitative estimate of drug-likeness (QED) is 0.891. The van der Waals surface area contributed by atoms with E-state index in [1.807, 2.05) is 0 Å². The van der Waals surface area contributed by atoms with Crippen LogP contribution in [0.5, 0.6) is 0 Å². The first kappa shape index (κ1) is 14.3. The van der Waals surface area contributed by atoms with Crippen molar-refractivity contribution in [1.82, 2.24) is 4.31 Å². The van der Waals surface area contributed by atoms with E-state index in [1.165, 1.54) is 18.4 Å². The van der Waals surface area contributed by atoms with E-state index in [9.17, 15) is 8.42 Å². The number of ether oxygens (including phenoxy) is 1. The summed E-state index contributed by atoms with van der Waals surface area (Å²) in [6.45, 7) is 0. The summed E-state index contributed by atoms with van der Waals surface area (Å²) in [5, 5.41) is 3.36. The molecule has 0 heterocycles. The highest BCUT2D eigenvalue weighted by Crippen LogP contribution is 2.26. The van der Waals surface area contributed by atoms with Crippen LogP contribution in [0.25, 0.3) is 0 Å². The zero-order valence-electron chi connectivity index (χ0n) is 11.5. The van der Waals surface area contributed by atoms with Crippen LogP contribution in [0.1, 0.15) is 12.8 Å².